The molecule has 2 unspecified atom stereocenters. The third kappa shape index (κ3) is 4.60. The number of benzene rings is 1. The zero-order chi connectivity index (χ0) is 16.1. The fourth-order valence-corrected chi connectivity index (χ4v) is 2.86. The Morgan fingerprint density at radius 3 is 2.67 bits per heavy atom. The lowest BCUT2D eigenvalue weighted by molar-refractivity contribution is -0.135. The van der Waals surface area contributed by atoms with Crippen LogP contribution in [0.5, 0.6) is 0 Å². The molecule has 24 heavy (non-hydrogen) atoms. The molecule has 1 amide bonds. The molecule has 6 heteroatoms. The molecule has 130 valence electrons. The minimum atomic E-state index is -0.674. The molecule has 0 spiro atoms. The maximum atomic E-state index is 12.9. The van der Waals surface area contributed by atoms with Gasteiger partial charge in [-0.1, -0.05) is 30.3 Å². The van der Waals surface area contributed by atoms with Crippen molar-refractivity contribution < 1.29 is 13.9 Å². The first-order valence-corrected chi connectivity index (χ1v) is 7.97. The lowest BCUT2D eigenvalue weighted by Gasteiger charge is -2.27. The van der Waals surface area contributed by atoms with Crippen LogP contribution < -0.4 is 5.73 Å². The van der Waals surface area contributed by atoms with Crippen molar-refractivity contribution >= 4 is 18.3 Å². The summed E-state index contributed by atoms with van der Waals surface area (Å²) in [6, 6.07) is 12.4. The van der Waals surface area contributed by atoms with E-state index >= 15 is 0 Å². The Morgan fingerprint density at radius 2 is 2.04 bits per heavy atom. The van der Waals surface area contributed by atoms with E-state index in [4.69, 9.17) is 14.9 Å². The average molecular weight is 351 g/mol. The summed E-state index contributed by atoms with van der Waals surface area (Å²) >= 11 is 0. The van der Waals surface area contributed by atoms with Gasteiger partial charge in [0.25, 0.3) is 0 Å². The van der Waals surface area contributed by atoms with Crippen molar-refractivity contribution in [3.05, 3.63) is 60.1 Å². The summed E-state index contributed by atoms with van der Waals surface area (Å²) in [7, 11) is 0. The monoisotopic (exact) mass is 350 g/mol. The number of halogens is 1. The first kappa shape index (κ1) is 18.5. The standard InChI is InChI=1S/C18H22N2O3.ClH/c19-17(14-6-2-1-3-7-14)18(21)20(12-15-8-4-10-22-15)13-16-9-5-11-23-16;/h1-4,6-8,10,16-17H,5,9,11-13,19H2;1H. The quantitative estimate of drug-likeness (QED) is 0.869. The van der Waals surface area contributed by atoms with Crippen LogP contribution in [0, 0.1) is 0 Å². The number of carbonyl (C=O) groups excluding carboxylic acids is 1. The molecule has 3 rings (SSSR count). The Morgan fingerprint density at radius 1 is 1.25 bits per heavy atom. The Labute approximate surface area is 148 Å². The van der Waals surface area contributed by atoms with E-state index in [1.165, 1.54) is 0 Å². The second-order valence-electron chi connectivity index (χ2n) is 5.82. The predicted octanol–water partition coefficient (Wildman–Crippen LogP) is 2.91. The van der Waals surface area contributed by atoms with E-state index in [1.807, 2.05) is 42.5 Å². The summed E-state index contributed by atoms with van der Waals surface area (Å²) in [6.45, 7) is 1.71. The Kier molecular flexibility index (Phi) is 6.85. The van der Waals surface area contributed by atoms with Crippen molar-refractivity contribution in [1.29, 1.82) is 0 Å². The van der Waals surface area contributed by atoms with Gasteiger partial charge >= 0.3 is 0 Å². The molecule has 1 aliphatic heterocycles. The van der Waals surface area contributed by atoms with E-state index in [-0.39, 0.29) is 24.4 Å². The van der Waals surface area contributed by atoms with Crippen LogP contribution in [0.25, 0.3) is 0 Å². The molecule has 1 aromatic heterocycles. The first-order chi connectivity index (χ1) is 11.2. The molecule has 0 aliphatic carbocycles. The lowest BCUT2D eigenvalue weighted by atomic mass is 10.1. The van der Waals surface area contributed by atoms with Crippen LogP contribution in [0.1, 0.15) is 30.2 Å². The number of carbonyl (C=O) groups is 1. The predicted molar refractivity (Wildman–Crippen MR) is 93.7 cm³/mol. The number of rotatable bonds is 6. The Hall–Kier alpha value is -1.82. The van der Waals surface area contributed by atoms with Gasteiger partial charge in [-0.25, -0.2) is 0 Å². The second kappa shape index (κ2) is 8.87. The highest BCUT2D eigenvalue weighted by Gasteiger charge is 2.27. The minimum Gasteiger partial charge on any atom is -0.467 e. The highest BCUT2D eigenvalue weighted by atomic mass is 35.5. The minimum absolute atomic E-state index is 0. The molecule has 0 radical (unpaired) electrons. The molecule has 2 atom stereocenters. The summed E-state index contributed by atoms with van der Waals surface area (Å²) in [5.41, 5.74) is 6.99. The summed E-state index contributed by atoms with van der Waals surface area (Å²) in [5, 5.41) is 0. The lowest BCUT2D eigenvalue weighted by Crippen LogP contribution is -2.42. The summed E-state index contributed by atoms with van der Waals surface area (Å²) in [5.74, 6) is 0.639. The number of nitrogens with two attached hydrogens (primary N) is 1. The largest absolute Gasteiger partial charge is 0.467 e. The van der Waals surface area contributed by atoms with Crippen molar-refractivity contribution in [2.45, 2.75) is 31.5 Å². The smallest absolute Gasteiger partial charge is 0.244 e. The van der Waals surface area contributed by atoms with Crippen LogP contribution in [0.15, 0.2) is 53.1 Å². The second-order valence-corrected chi connectivity index (χ2v) is 5.82. The Balaban J connectivity index is 0.00000208. The van der Waals surface area contributed by atoms with E-state index in [2.05, 4.69) is 0 Å². The average Bonchev–Trinajstić information content (AvgIpc) is 3.27. The fourth-order valence-electron chi connectivity index (χ4n) is 2.86. The molecule has 2 N–H and O–H groups in total. The summed E-state index contributed by atoms with van der Waals surface area (Å²) in [6.07, 6.45) is 3.71. The number of furan rings is 1. The van der Waals surface area contributed by atoms with Gasteiger partial charge in [0.2, 0.25) is 5.91 Å². The molecular formula is C18H23ClN2O3. The van der Waals surface area contributed by atoms with Gasteiger partial charge < -0.3 is 19.8 Å². The summed E-state index contributed by atoms with van der Waals surface area (Å²) < 4.78 is 11.1. The molecular weight excluding hydrogens is 328 g/mol. The van der Waals surface area contributed by atoms with Gasteiger partial charge in [-0.3, -0.25) is 4.79 Å². The molecule has 5 nitrogen and oxygen atoms in total. The van der Waals surface area contributed by atoms with Gasteiger partial charge in [0.05, 0.1) is 18.9 Å². The maximum absolute atomic E-state index is 12.9. The van der Waals surface area contributed by atoms with Crippen molar-refractivity contribution in [3.63, 3.8) is 0 Å². The van der Waals surface area contributed by atoms with Crippen molar-refractivity contribution in [2.24, 2.45) is 5.73 Å². The highest BCUT2D eigenvalue weighted by molar-refractivity contribution is 5.85. The molecule has 0 bridgehead atoms. The van der Waals surface area contributed by atoms with Gasteiger partial charge in [0.15, 0.2) is 0 Å². The molecule has 1 saturated heterocycles. The van der Waals surface area contributed by atoms with Gasteiger partial charge in [-0.2, -0.15) is 0 Å². The summed E-state index contributed by atoms with van der Waals surface area (Å²) in [4.78, 5) is 14.6. The van der Waals surface area contributed by atoms with Crippen LogP contribution in [-0.2, 0) is 16.1 Å². The number of nitrogens with zero attached hydrogens (tertiary/aromatic N) is 1. The van der Waals surface area contributed by atoms with E-state index in [1.54, 1.807) is 11.2 Å². The highest BCUT2D eigenvalue weighted by Crippen LogP contribution is 2.19. The number of hydrogen-bond donors (Lipinski definition) is 1. The van der Waals surface area contributed by atoms with Gasteiger partial charge in [0.1, 0.15) is 11.8 Å². The van der Waals surface area contributed by atoms with Crippen LogP contribution in [0.2, 0.25) is 0 Å². The van der Waals surface area contributed by atoms with E-state index in [9.17, 15) is 4.79 Å². The van der Waals surface area contributed by atoms with Crippen LogP contribution >= 0.6 is 12.4 Å². The van der Waals surface area contributed by atoms with Gasteiger partial charge in [0, 0.05) is 13.2 Å². The van der Waals surface area contributed by atoms with Gasteiger partial charge in [-0.15, -0.1) is 12.4 Å². The number of hydrogen-bond acceptors (Lipinski definition) is 4. The zero-order valence-electron chi connectivity index (χ0n) is 13.5. The molecule has 2 heterocycles. The van der Waals surface area contributed by atoms with Crippen molar-refractivity contribution in [2.75, 3.05) is 13.2 Å². The number of ether oxygens (including phenoxy) is 1. The molecule has 1 aliphatic rings. The van der Waals surface area contributed by atoms with Crippen LogP contribution in [0.4, 0.5) is 0 Å². The van der Waals surface area contributed by atoms with Crippen molar-refractivity contribution in [3.8, 4) is 0 Å². The third-order valence-electron chi connectivity index (χ3n) is 4.11. The van der Waals surface area contributed by atoms with E-state index < -0.39 is 6.04 Å². The number of amides is 1. The molecule has 0 saturated carbocycles. The molecule has 1 fully saturated rings. The molecule has 2 aromatic rings. The first-order valence-electron chi connectivity index (χ1n) is 7.97. The SMILES string of the molecule is Cl.NC(C(=O)N(Cc1ccco1)CC1CCCO1)c1ccccc1. The Bertz CT molecular complexity index is 612. The maximum Gasteiger partial charge on any atom is 0.244 e. The van der Waals surface area contributed by atoms with Gasteiger partial charge in [-0.05, 0) is 30.5 Å². The van der Waals surface area contributed by atoms with E-state index in [0.29, 0.717) is 13.1 Å². The van der Waals surface area contributed by atoms with Crippen molar-refractivity contribution in [1.82, 2.24) is 4.90 Å². The normalized spacial score (nSPS) is 18.0. The topological polar surface area (TPSA) is 68.7 Å². The fraction of sp³-hybridized carbons (Fsp3) is 0.389. The van der Waals surface area contributed by atoms with Crippen LogP contribution in [0.3, 0.4) is 0 Å². The third-order valence-corrected chi connectivity index (χ3v) is 4.11. The van der Waals surface area contributed by atoms with Crippen LogP contribution in [-0.4, -0.2) is 30.1 Å². The molecule has 1 aromatic carbocycles. The van der Waals surface area contributed by atoms with E-state index in [0.717, 1.165) is 30.8 Å². The zero-order valence-corrected chi connectivity index (χ0v) is 14.3.